The highest BCUT2D eigenvalue weighted by molar-refractivity contribution is 6.25. The first-order chi connectivity index (χ1) is 9.08. The van der Waals surface area contributed by atoms with E-state index in [2.05, 4.69) is 55.3 Å². The normalized spacial score (nSPS) is 24.0. The zero-order valence-corrected chi connectivity index (χ0v) is 12.8. The van der Waals surface area contributed by atoms with Gasteiger partial charge in [-0.15, -0.1) is 0 Å². The van der Waals surface area contributed by atoms with Gasteiger partial charge in [0, 0.05) is 36.4 Å². The number of rotatable bonds is 3. The van der Waals surface area contributed by atoms with Gasteiger partial charge in [0.05, 0.1) is 0 Å². The maximum absolute atomic E-state index is 5.84. The standard InChI is InChI=1S/C16H23ClN2/c1-4-16(3)12-19(11-13(2)9-17)15-8-6-5-7-14(15)10-18-16/h5-9,18H,4,10-12H2,1-3H3/b13-9+. The molecule has 1 aliphatic heterocycles. The summed E-state index contributed by atoms with van der Waals surface area (Å²) in [5, 5.41) is 3.69. The lowest BCUT2D eigenvalue weighted by Gasteiger charge is -2.34. The summed E-state index contributed by atoms with van der Waals surface area (Å²) in [5.74, 6) is 0. The topological polar surface area (TPSA) is 15.3 Å². The lowest BCUT2D eigenvalue weighted by Crippen LogP contribution is -2.49. The van der Waals surface area contributed by atoms with E-state index in [1.165, 1.54) is 16.8 Å². The molecule has 1 aliphatic rings. The number of hydrogen-bond donors (Lipinski definition) is 1. The molecule has 1 atom stereocenters. The van der Waals surface area contributed by atoms with Crippen LogP contribution in [0.3, 0.4) is 0 Å². The monoisotopic (exact) mass is 278 g/mol. The molecule has 0 radical (unpaired) electrons. The van der Waals surface area contributed by atoms with Gasteiger partial charge in [-0.1, -0.05) is 36.7 Å². The highest BCUT2D eigenvalue weighted by atomic mass is 35.5. The molecule has 1 aromatic carbocycles. The van der Waals surface area contributed by atoms with Gasteiger partial charge in [-0.2, -0.15) is 0 Å². The second-order valence-electron chi connectivity index (χ2n) is 5.71. The summed E-state index contributed by atoms with van der Waals surface area (Å²) in [6.07, 6.45) is 1.11. The van der Waals surface area contributed by atoms with Crippen molar-refractivity contribution in [3.8, 4) is 0 Å². The number of nitrogens with one attached hydrogen (secondary N) is 1. The van der Waals surface area contributed by atoms with Crippen molar-refractivity contribution in [3.63, 3.8) is 0 Å². The molecular formula is C16H23ClN2. The number of hydrogen-bond acceptors (Lipinski definition) is 2. The smallest absolute Gasteiger partial charge is 0.0415 e. The molecule has 0 saturated carbocycles. The van der Waals surface area contributed by atoms with Gasteiger partial charge < -0.3 is 10.2 Å². The fraction of sp³-hybridized carbons (Fsp3) is 0.500. The molecule has 2 rings (SSSR count). The fourth-order valence-electron chi connectivity index (χ4n) is 2.55. The molecule has 0 spiro atoms. The molecule has 1 heterocycles. The Morgan fingerprint density at radius 1 is 1.47 bits per heavy atom. The van der Waals surface area contributed by atoms with Crippen molar-refractivity contribution in [1.82, 2.24) is 5.32 Å². The minimum absolute atomic E-state index is 0.144. The predicted molar refractivity (Wildman–Crippen MR) is 83.8 cm³/mol. The summed E-state index contributed by atoms with van der Waals surface area (Å²) in [6.45, 7) is 9.44. The minimum Gasteiger partial charge on any atom is -0.365 e. The van der Waals surface area contributed by atoms with E-state index in [0.29, 0.717) is 0 Å². The molecule has 2 nitrogen and oxygen atoms in total. The van der Waals surface area contributed by atoms with Crippen LogP contribution in [0.2, 0.25) is 0 Å². The zero-order valence-electron chi connectivity index (χ0n) is 12.0. The SMILES string of the molecule is CCC1(C)CN(C/C(C)=C/Cl)c2ccccc2CN1. The largest absolute Gasteiger partial charge is 0.365 e. The Kier molecular flexibility index (Phi) is 4.54. The van der Waals surface area contributed by atoms with Crippen LogP contribution in [0.15, 0.2) is 35.4 Å². The van der Waals surface area contributed by atoms with Gasteiger partial charge >= 0.3 is 0 Å². The van der Waals surface area contributed by atoms with Crippen LogP contribution in [0.1, 0.15) is 32.8 Å². The van der Waals surface area contributed by atoms with Gasteiger partial charge in [-0.25, -0.2) is 0 Å². The van der Waals surface area contributed by atoms with Crippen molar-refractivity contribution < 1.29 is 0 Å². The second kappa shape index (κ2) is 5.98. The fourth-order valence-corrected chi connectivity index (χ4v) is 2.62. The third-order valence-electron chi connectivity index (χ3n) is 3.98. The Labute approximate surface area is 121 Å². The number of benzene rings is 1. The van der Waals surface area contributed by atoms with E-state index in [1.807, 2.05) is 0 Å². The van der Waals surface area contributed by atoms with Crippen molar-refractivity contribution in [2.75, 3.05) is 18.0 Å². The van der Waals surface area contributed by atoms with Crippen LogP contribution in [0, 0.1) is 0 Å². The molecule has 0 amide bonds. The van der Waals surface area contributed by atoms with Crippen LogP contribution < -0.4 is 10.2 Å². The summed E-state index contributed by atoms with van der Waals surface area (Å²) in [7, 11) is 0. The average molecular weight is 279 g/mol. The van der Waals surface area contributed by atoms with Crippen molar-refractivity contribution in [2.45, 2.75) is 39.3 Å². The van der Waals surface area contributed by atoms with Crippen LogP contribution >= 0.6 is 11.6 Å². The first kappa shape index (κ1) is 14.4. The molecule has 0 aromatic heterocycles. The van der Waals surface area contributed by atoms with Crippen LogP contribution in [0.5, 0.6) is 0 Å². The predicted octanol–water partition coefficient (Wildman–Crippen LogP) is 3.91. The van der Waals surface area contributed by atoms with Gasteiger partial charge in [0.2, 0.25) is 0 Å². The van der Waals surface area contributed by atoms with E-state index in [-0.39, 0.29) is 5.54 Å². The minimum atomic E-state index is 0.144. The molecular weight excluding hydrogens is 256 g/mol. The van der Waals surface area contributed by atoms with Crippen LogP contribution in [-0.4, -0.2) is 18.6 Å². The quantitative estimate of drug-likeness (QED) is 0.902. The Balaban J connectivity index is 2.34. The van der Waals surface area contributed by atoms with Crippen LogP contribution in [0.4, 0.5) is 5.69 Å². The van der Waals surface area contributed by atoms with Crippen molar-refractivity contribution in [2.24, 2.45) is 0 Å². The van der Waals surface area contributed by atoms with Gasteiger partial charge in [-0.3, -0.25) is 0 Å². The summed E-state index contributed by atoms with van der Waals surface area (Å²) in [5.41, 5.74) is 5.71. The first-order valence-electron chi connectivity index (χ1n) is 6.92. The number of nitrogens with zero attached hydrogens (tertiary/aromatic N) is 1. The third kappa shape index (κ3) is 3.31. The van der Waals surface area contributed by atoms with Gasteiger partial charge in [0.1, 0.15) is 0 Å². The van der Waals surface area contributed by atoms with E-state index in [1.54, 1.807) is 5.54 Å². The van der Waals surface area contributed by atoms with Gasteiger partial charge in [-0.05, 0) is 37.5 Å². The maximum atomic E-state index is 5.84. The molecule has 0 fully saturated rings. The summed E-state index contributed by atoms with van der Waals surface area (Å²) in [6, 6.07) is 8.63. The lowest BCUT2D eigenvalue weighted by atomic mass is 9.98. The van der Waals surface area contributed by atoms with E-state index in [4.69, 9.17) is 11.6 Å². The molecule has 1 N–H and O–H groups in total. The Morgan fingerprint density at radius 2 is 2.21 bits per heavy atom. The maximum Gasteiger partial charge on any atom is 0.0415 e. The van der Waals surface area contributed by atoms with Gasteiger partial charge in [0.15, 0.2) is 0 Å². The zero-order chi connectivity index (χ0) is 13.9. The third-order valence-corrected chi connectivity index (χ3v) is 4.36. The van der Waals surface area contributed by atoms with E-state index in [9.17, 15) is 0 Å². The highest BCUT2D eigenvalue weighted by Gasteiger charge is 2.29. The average Bonchev–Trinajstić information content (AvgIpc) is 2.57. The van der Waals surface area contributed by atoms with Crippen molar-refractivity contribution in [1.29, 1.82) is 0 Å². The molecule has 1 unspecified atom stereocenters. The van der Waals surface area contributed by atoms with E-state index in [0.717, 1.165) is 26.1 Å². The molecule has 0 aliphatic carbocycles. The van der Waals surface area contributed by atoms with E-state index >= 15 is 0 Å². The molecule has 104 valence electrons. The Morgan fingerprint density at radius 3 is 2.89 bits per heavy atom. The molecule has 3 heteroatoms. The van der Waals surface area contributed by atoms with Crippen molar-refractivity contribution >= 4 is 17.3 Å². The first-order valence-corrected chi connectivity index (χ1v) is 7.35. The number of para-hydroxylation sites is 1. The molecule has 0 bridgehead atoms. The van der Waals surface area contributed by atoms with Crippen molar-refractivity contribution in [3.05, 3.63) is 40.9 Å². The summed E-state index contributed by atoms with van der Waals surface area (Å²) < 4.78 is 0. The Bertz CT molecular complexity index is 470. The van der Waals surface area contributed by atoms with E-state index < -0.39 is 0 Å². The highest BCUT2D eigenvalue weighted by Crippen LogP contribution is 2.28. The van der Waals surface area contributed by atoms with Gasteiger partial charge in [0.25, 0.3) is 0 Å². The molecule has 1 aromatic rings. The van der Waals surface area contributed by atoms with Crippen LogP contribution in [-0.2, 0) is 6.54 Å². The number of fused-ring (bicyclic) bond motifs is 1. The molecule has 19 heavy (non-hydrogen) atoms. The summed E-state index contributed by atoms with van der Waals surface area (Å²) in [4.78, 5) is 2.44. The van der Waals surface area contributed by atoms with Crippen LogP contribution in [0.25, 0.3) is 0 Å². The number of anilines is 1. The lowest BCUT2D eigenvalue weighted by molar-refractivity contribution is 0.351. The summed E-state index contributed by atoms with van der Waals surface area (Å²) >= 11 is 5.84. The number of halogens is 1. The second-order valence-corrected chi connectivity index (χ2v) is 5.93. The molecule has 0 saturated heterocycles. The Hall–Kier alpha value is -0.990.